The Morgan fingerprint density at radius 2 is 2.14 bits per heavy atom. The minimum atomic E-state index is -0.00435. The summed E-state index contributed by atoms with van der Waals surface area (Å²) in [7, 11) is 0. The molecule has 2 heterocycles. The predicted molar refractivity (Wildman–Crippen MR) is 58.1 cm³/mol. The van der Waals surface area contributed by atoms with Crippen LogP contribution < -0.4 is 0 Å². The minimum absolute atomic E-state index is 0.00435. The molecule has 0 aromatic carbocycles. The van der Waals surface area contributed by atoms with Gasteiger partial charge in [-0.1, -0.05) is 12.5 Å². The number of nitrogens with zero attached hydrogens (tertiary/aromatic N) is 2. The molecule has 14 heavy (non-hydrogen) atoms. The van der Waals surface area contributed by atoms with E-state index in [-0.39, 0.29) is 6.04 Å². The summed E-state index contributed by atoms with van der Waals surface area (Å²) in [6, 6.07) is 6.49. The smallest absolute Gasteiger partial charge is 0.133 e. The Balaban J connectivity index is 2.09. The van der Waals surface area contributed by atoms with Crippen LogP contribution in [0.3, 0.4) is 0 Å². The number of likely N-dealkylation sites (tertiary alicyclic amines) is 1. The largest absolute Gasteiger partial charge is 0.284 e. The van der Waals surface area contributed by atoms with Crippen molar-refractivity contribution in [2.45, 2.75) is 25.3 Å². The van der Waals surface area contributed by atoms with Crippen LogP contribution >= 0.6 is 11.3 Å². The predicted octanol–water partition coefficient (Wildman–Crippen LogP) is 2.80. The average molecular weight is 206 g/mol. The molecule has 0 saturated carbocycles. The first-order chi connectivity index (χ1) is 6.92. The molecule has 0 bridgehead atoms. The monoisotopic (exact) mass is 206 g/mol. The van der Waals surface area contributed by atoms with Crippen LogP contribution in [0.15, 0.2) is 17.5 Å². The number of hydrogen-bond donors (Lipinski definition) is 0. The number of hydrogen-bond acceptors (Lipinski definition) is 3. The molecule has 2 rings (SSSR count). The van der Waals surface area contributed by atoms with Gasteiger partial charge in [0.15, 0.2) is 0 Å². The summed E-state index contributed by atoms with van der Waals surface area (Å²) in [6.07, 6.45) is 3.80. The SMILES string of the molecule is N#CC(c1cccs1)N1CCCCC1. The van der Waals surface area contributed by atoms with Crippen molar-refractivity contribution in [1.29, 1.82) is 5.26 Å². The topological polar surface area (TPSA) is 27.0 Å². The van der Waals surface area contributed by atoms with Crippen molar-refractivity contribution in [2.24, 2.45) is 0 Å². The van der Waals surface area contributed by atoms with Gasteiger partial charge in [-0.25, -0.2) is 0 Å². The van der Waals surface area contributed by atoms with Gasteiger partial charge in [0.2, 0.25) is 0 Å². The summed E-state index contributed by atoms with van der Waals surface area (Å²) in [4.78, 5) is 3.49. The molecule has 1 atom stereocenters. The quantitative estimate of drug-likeness (QED) is 0.744. The number of rotatable bonds is 2. The van der Waals surface area contributed by atoms with Gasteiger partial charge in [0.1, 0.15) is 6.04 Å². The zero-order valence-corrected chi connectivity index (χ0v) is 8.96. The fraction of sp³-hybridized carbons (Fsp3) is 0.545. The Labute approximate surface area is 88.8 Å². The number of piperidine rings is 1. The van der Waals surface area contributed by atoms with E-state index in [9.17, 15) is 0 Å². The number of thiophene rings is 1. The van der Waals surface area contributed by atoms with E-state index in [1.54, 1.807) is 11.3 Å². The lowest BCUT2D eigenvalue weighted by Crippen LogP contribution is -2.32. The highest BCUT2D eigenvalue weighted by atomic mass is 32.1. The minimum Gasteiger partial charge on any atom is -0.284 e. The molecule has 74 valence electrons. The second kappa shape index (κ2) is 4.59. The second-order valence-electron chi connectivity index (χ2n) is 3.64. The van der Waals surface area contributed by atoms with Crippen molar-refractivity contribution in [3.63, 3.8) is 0 Å². The van der Waals surface area contributed by atoms with Crippen LogP contribution in [0.5, 0.6) is 0 Å². The van der Waals surface area contributed by atoms with E-state index in [0.29, 0.717) is 0 Å². The van der Waals surface area contributed by atoms with Gasteiger partial charge in [-0.05, 0) is 37.4 Å². The Morgan fingerprint density at radius 3 is 2.71 bits per heavy atom. The van der Waals surface area contributed by atoms with E-state index in [2.05, 4.69) is 17.0 Å². The van der Waals surface area contributed by atoms with Crippen molar-refractivity contribution in [2.75, 3.05) is 13.1 Å². The van der Waals surface area contributed by atoms with E-state index in [4.69, 9.17) is 5.26 Å². The van der Waals surface area contributed by atoms with Gasteiger partial charge in [0.25, 0.3) is 0 Å². The zero-order chi connectivity index (χ0) is 9.80. The standard InChI is InChI=1S/C11H14N2S/c12-9-10(11-5-4-8-14-11)13-6-2-1-3-7-13/h4-5,8,10H,1-3,6-7H2. The van der Waals surface area contributed by atoms with Crippen LogP contribution in [0.4, 0.5) is 0 Å². The zero-order valence-electron chi connectivity index (χ0n) is 8.15. The summed E-state index contributed by atoms with van der Waals surface area (Å²) >= 11 is 1.69. The highest BCUT2D eigenvalue weighted by molar-refractivity contribution is 7.10. The molecule has 1 aromatic rings. The van der Waals surface area contributed by atoms with E-state index >= 15 is 0 Å². The summed E-state index contributed by atoms with van der Waals surface area (Å²) < 4.78 is 0. The molecule has 1 aliphatic rings. The van der Waals surface area contributed by atoms with Gasteiger partial charge in [0, 0.05) is 4.88 Å². The molecule has 1 aromatic heterocycles. The molecular weight excluding hydrogens is 192 g/mol. The lowest BCUT2D eigenvalue weighted by atomic mass is 10.1. The Morgan fingerprint density at radius 1 is 1.36 bits per heavy atom. The third-order valence-corrected chi connectivity index (χ3v) is 3.62. The van der Waals surface area contributed by atoms with Crippen molar-refractivity contribution < 1.29 is 0 Å². The van der Waals surface area contributed by atoms with Gasteiger partial charge < -0.3 is 0 Å². The molecule has 0 spiro atoms. The van der Waals surface area contributed by atoms with Crippen molar-refractivity contribution in [1.82, 2.24) is 4.90 Å². The van der Waals surface area contributed by atoms with Crippen LogP contribution in [0, 0.1) is 11.3 Å². The first-order valence-electron chi connectivity index (χ1n) is 5.09. The summed E-state index contributed by atoms with van der Waals surface area (Å²) in [5.41, 5.74) is 0. The van der Waals surface area contributed by atoms with Crippen molar-refractivity contribution in [3.8, 4) is 6.07 Å². The van der Waals surface area contributed by atoms with E-state index < -0.39 is 0 Å². The molecule has 2 nitrogen and oxygen atoms in total. The highest BCUT2D eigenvalue weighted by Gasteiger charge is 2.22. The molecular formula is C11H14N2S. The van der Waals surface area contributed by atoms with E-state index in [1.807, 2.05) is 11.4 Å². The highest BCUT2D eigenvalue weighted by Crippen LogP contribution is 2.26. The van der Waals surface area contributed by atoms with Gasteiger partial charge in [0.05, 0.1) is 6.07 Å². The average Bonchev–Trinajstić information content (AvgIpc) is 2.74. The lowest BCUT2D eigenvalue weighted by Gasteiger charge is -2.29. The van der Waals surface area contributed by atoms with Crippen LogP contribution in [0.25, 0.3) is 0 Å². The molecule has 0 radical (unpaired) electrons. The number of nitriles is 1. The summed E-state index contributed by atoms with van der Waals surface area (Å²) in [5.74, 6) is 0. The van der Waals surface area contributed by atoms with E-state index in [1.165, 1.54) is 24.1 Å². The van der Waals surface area contributed by atoms with Gasteiger partial charge in [-0.3, -0.25) is 4.90 Å². The third kappa shape index (κ3) is 1.97. The molecule has 1 saturated heterocycles. The summed E-state index contributed by atoms with van der Waals surface area (Å²) in [6.45, 7) is 2.16. The van der Waals surface area contributed by atoms with E-state index in [0.717, 1.165) is 13.1 Å². The lowest BCUT2D eigenvalue weighted by molar-refractivity contribution is 0.198. The molecule has 0 aliphatic carbocycles. The Hall–Kier alpha value is -0.850. The second-order valence-corrected chi connectivity index (χ2v) is 4.62. The molecule has 3 heteroatoms. The molecule has 1 fully saturated rings. The fourth-order valence-corrected chi connectivity index (χ4v) is 2.75. The third-order valence-electron chi connectivity index (χ3n) is 2.69. The van der Waals surface area contributed by atoms with Crippen molar-refractivity contribution >= 4 is 11.3 Å². The molecule has 1 unspecified atom stereocenters. The van der Waals surface area contributed by atoms with Crippen LogP contribution in [-0.4, -0.2) is 18.0 Å². The maximum atomic E-state index is 9.17. The fourth-order valence-electron chi connectivity index (χ4n) is 1.95. The first kappa shape index (κ1) is 9.70. The van der Waals surface area contributed by atoms with Crippen LogP contribution in [-0.2, 0) is 0 Å². The normalized spacial score (nSPS) is 20.2. The van der Waals surface area contributed by atoms with Gasteiger partial charge >= 0.3 is 0 Å². The molecule has 0 amide bonds. The van der Waals surface area contributed by atoms with Crippen LogP contribution in [0.2, 0.25) is 0 Å². The van der Waals surface area contributed by atoms with Crippen molar-refractivity contribution in [3.05, 3.63) is 22.4 Å². The summed E-state index contributed by atoms with van der Waals surface area (Å²) in [5, 5.41) is 11.2. The molecule has 0 N–H and O–H groups in total. The Kier molecular flexibility index (Phi) is 3.18. The Bertz CT molecular complexity index is 307. The molecule has 1 aliphatic heterocycles. The van der Waals surface area contributed by atoms with Gasteiger partial charge in [-0.15, -0.1) is 11.3 Å². The van der Waals surface area contributed by atoms with Crippen LogP contribution in [0.1, 0.15) is 30.2 Å². The maximum absolute atomic E-state index is 9.17. The first-order valence-corrected chi connectivity index (χ1v) is 5.97. The van der Waals surface area contributed by atoms with Gasteiger partial charge in [-0.2, -0.15) is 5.26 Å². The maximum Gasteiger partial charge on any atom is 0.133 e.